The molecule has 1 aromatic rings. The van der Waals surface area contributed by atoms with Gasteiger partial charge in [0, 0.05) is 18.2 Å². The van der Waals surface area contributed by atoms with Crippen LogP contribution in [0.5, 0.6) is 5.75 Å². The molecular weight excluding hydrogens is 290 g/mol. The second-order valence-electron chi connectivity index (χ2n) is 5.91. The van der Waals surface area contributed by atoms with Gasteiger partial charge in [-0.05, 0) is 36.0 Å². The van der Waals surface area contributed by atoms with E-state index in [9.17, 15) is 4.79 Å². The van der Waals surface area contributed by atoms with Gasteiger partial charge >= 0.3 is 0 Å². The molecule has 0 saturated heterocycles. The summed E-state index contributed by atoms with van der Waals surface area (Å²) in [6.45, 7) is 4.77. The Bertz CT molecular complexity index is 475. The number of ether oxygens (including phenoxy) is 1. The van der Waals surface area contributed by atoms with Gasteiger partial charge in [0.05, 0.1) is 13.5 Å². The fourth-order valence-corrected chi connectivity index (χ4v) is 2.15. The molecule has 2 N–H and O–H groups in total. The van der Waals surface area contributed by atoms with Gasteiger partial charge in [-0.25, -0.2) is 0 Å². The van der Waals surface area contributed by atoms with Crippen LogP contribution in [0.2, 0.25) is 5.02 Å². The number of methoxy groups -OCH3 is 1. The van der Waals surface area contributed by atoms with Gasteiger partial charge in [-0.15, -0.1) is 0 Å². The lowest BCUT2D eigenvalue weighted by atomic mass is 9.89. The van der Waals surface area contributed by atoms with E-state index in [1.54, 1.807) is 25.3 Å². The van der Waals surface area contributed by atoms with E-state index >= 15 is 0 Å². The van der Waals surface area contributed by atoms with Crippen molar-refractivity contribution < 1.29 is 14.6 Å². The van der Waals surface area contributed by atoms with Gasteiger partial charge in [0.2, 0.25) is 5.91 Å². The van der Waals surface area contributed by atoms with E-state index in [0.29, 0.717) is 17.3 Å². The molecule has 21 heavy (non-hydrogen) atoms. The zero-order chi connectivity index (χ0) is 15.9. The van der Waals surface area contributed by atoms with E-state index in [0.717, 1.165) is 18.4 Å². The molecule has 0 radical (unpaired) electrons. The van der Waals surface area contributed by atoms with Gasteiger partial charge in [-0.1, -0.05) is 31.5 Å². The Morgan fingerprint density at radius 2 is 2.14 bits per heavy atom. The highest BCUT2D eigenvalue weighted by Crippen LogP contribution is 2.23. The van der Waals surface area contributed by atoms with E-state index in [4.69, 9.17) is 21.4 Å². The van der Waals surface area contributed by atoms with Crippen LogP contribution in [0.25, 0.3) is 0 Å². The molecule has 0 heterocycles. The first-order chi connectivity index (χ1) is 9.88. The molecule has 0 spiro atoms. The fraction of sp³-hybridized carbons (Fsp3) is 0.562. The van der Waals surface area contributed by atoms with Crippen molar-refractivity contribution in [1.29, 1.82) is 0 Å². The molecule has 5 heteroatoms. The molecule has 118 valence electrons. The molecule has 0 atom stereocenters. The summed E-state index contributed by atoms with van der Waals surface area (Å²) in [5.74, 6) is 0.624. The second kappa shape index (κ2) is 8.25. The van der Waals surface area contributed by atoms with Crippen molar-refractivity contribution in [2.45, 2.75) is 33.1 Å². The Hall–Kier alpha value is -1.26. The largest absolute Gasteiger partial charge is 0.497 e. The number of carbonyl (C=O) groups is 1. The highest BCUT2D eigenvalue weighted by atomic mass is 35.5. The molecular formula is C16H24ClNO3. The Labute approximate surface area is 131 Å². The molecule has 0 fully saturated rings. The third-order valence-corrected chi connectivity index (χ3v) is 3.74. The van der Waals surface area contributed by atoms with E-state index in [1.165, 1.54) is 0 Å². The van der Waals surface area contributed by atoms with Gasteiger partial charge in [-0.2, -0.15) is 0 Å². The fourth-order valence-electron chi connectivity index (χ4n) is 1.91. The summed E-state index contributed by atoms with van der Waals surface area (Å²) < 4.78 is 5.07. The van der Waals surface area contributed by atoms with Crippen molar-refractivity contribution >= 4 is 17.5 Å². The molecule has 0 aromatic heterocycles. The van der Waals surface area contributed by atoms with Crippen molar-refractivity contribution in [3.63, 3.8) is 0 Å². The van der Waals surface area contributed by atoms with E-state index in [1.807, 2.05) is 13.8 Å². The summed E-state index contributed by atoms with van der Waals surface area (Å²) in [7, 11) is 1.58. The summed E-state index contributed by atoms with van der Waals surface area (Å²) in [5.41, 5.74) is 0.690. The predicted octanol–water partition coefficient (Wildman–Crippen LogP) is 2.81. The Kier molecular flexibility index (Phi) is 6.99. The van der Waals surface area contributed by atoms with Gasteiger partial charge in [0.1, 0.15) is 5.75 Å². The van der Waals surface area contributed by atoms with Crippen molar-refractivity contribution in [1.82, 2.24) is 5.32 Å². The van der Waals surface area contributed by atoms with Crippen LogP contribution in [-0.4, -0.2) is 31.3 Å². The maximum Gasteiger partial charge on any atom is 0.224 e. The summed E-state index contributed by atoms with van der Waals surface area (Å²) >= 11 is 6.10. The van der Waals surface area contributed by atoms with Crippen LogP contribution in [-0.2, 0) is 11.2 Å². The third kappa shape index (κ3) is 6.36. The smallest absolute Gasteiger partial charge is 0.224 e. The highest BCUT2D eigenvalue weighted by Gasteiger charge is 2.15. The summed E-state index contributed by atoms with van der Waals surface area (Å²) in [5, 5.41) is 12.6. The van der Waals surface area contributed by atoms with Crippen molar-refractivity contribution in [3.8, 4) is 5.75 Å². The SMILES string of the molecule is COc1ccc(CC(=O)NCCCC(C)(C)CO)c(Cl)c1. The third-order valence-electron chi connectivity index (χ3n) is 3.39. The van der Waals surface area contributed by atoms with Crippen molar-refractivity contribution in [2.24, 2.45) is 5.41 Å². The van der Waals surface area contributed by atoms with Crippen LogP contribution in [0.3, 0.4) is 0 Å². The van der Waals surface area contributed by atoms with E-state index in [2.05, 4.69) is 5.32 Å². The first kappa shape index (κ1) is 17.8. The minimum atomic E-state index is -0.0932. The van der Waals surface area contributed by atoms with Crippen molar-refractivity contribution in [2.75, 3.05) is 20.3 Å². The molecule has 0 aliphatic rings. The average Bonchev–Trinajstić information content (AvgIpc) is 2.46. The summed E-state index contributed by atoms with van der Waals surface area (Å²) in [6.07, 6.45) is 1.97. The van der Waals surface area contributed by atoms with Gasteiger partial charge in [0.25, 0.3) is 0 Å². The molecule has 0 unspecified atom stereocenters. The molecule has 0 bridgehead atoms. The quantitative estimate of drug-likeness (QED) is 0.726. The molecule has 0 aliphatic heterocycles. The zero-order valence-corrected chi connectivity index (χ0v) is 13.7. The lowest BCUT2D eigenvalue weighted by Gasteiger charge is -2.21. The van der Waals surface area contributed by atoms with Gasteiger partial charge < -0.3 is 15.2 Å². The number of halogens is 1. The van der Waals surface area contributed by atoms with Crippen LogP contribution in [0.15, 0.2) is 18.2 Å². The van der Waals surface area contributed by atoms with E-state index in [-0.39, 0.29) is 24.3 Å². The average molecular weight is 314 g/mol. The number of benzene rings is 1. The molecule has 1 rings (SSSR count). The number of carbonyl (C=O) groups excluding carboxylic acids is 1. The van der Waals surface area contributed by atoms with Crippen LogP contribution in [0, 0.1) is 5.41 Å². The second-order valence-corrected chi connectivity index (χ2v) is 6.32. The van der Waals surface area contributed by atoms with Gasteiger partial charge in [-0.3, -0.25) is 4.79 Å². The maximum atomic E-state index is 11.9. The van der Waals surface area contributed by atoms with E-state index < -0.39 is 0 Å². The Balaban J connectivity index is 2.37. The Morgan fingerprint density at radius 3 is 2.71 bits per heavy atom. The molecule has 4 nitrogen and oxygen atoms in total. The number of rotatable bonds is 8. The highest BCUT2D eigenvalue weighted by molar-refractivity contribution is 6.31. The minimum absolute atomic E-state index is 0.0520. The van der Waals surface area contributed by atoms with Crippen LogP contribution in [0.1, 0.15) is 32.3 Å². The first-order valence-corrected chi connectivity index (χ1v) is 7.46. The number of nitrogens with one attached hydrogen (secondary N) is 1. The monoisotopic (exact) mass is 313 g/mol. The van der Waals surface area contributed by atoms with Crippen LogP contribution >= 0.6 is 11.6 Å². The maximum absolute atomic E-state index is 11.9. The normalized spacial score (nSPS) is 11.3. The first-order valence-electron chi connectivity index (χ1n) is 7.08. The summed E-state index contributed by atoms with van der Waals surface area (Å²) in [4.78, 5) is 11.9. The number of aliphatic hydroxyl groups is 1. The number of hydrogen-bond acceptors (Lipinski definition) is 3. The lowest BCUT2D eigenvalue weighted by Crippen LogP contribution is -2.27. The molecule has 0 aliphatic carbocycles. The standard InChI is InChI=1S/C16H24ClNO3/c1-16(2,11-19)7-4-8-18-15(20)9-12-5-6-13(21-3)10-14(12)17/h5-6,10,19H,4,7-9,11H2,1-3H3,(H,18,20). The van der Waals surface area contributed by atoms with Crippen LogP contribution in [0.4, 0.5) is 0 Å². The van der Waals surface area contributed by atoms with Crippen LogP contribution < -0.4 is 10.1 Å². The van der Waals surface area contributed by atoms with Gasteiger partial charge in [0.15, 0.2) is 0 Å². The minimum Gasteiger partial charge on any atom is -0.497 e. The molecule has 0 saturated carbocycles. The predicted molar refractivity (Wildman–Crippen MR) is 84.8 cm³/mol. The number of amides is 1. The molecule has 1 amide bonds. The lowest BCUT2D eigenvalue weighted by molar-refractivity contribution is -0.120. The van der Waals surface area contributed by atoms with Crippen molar-refractivity contribution in [3.05, 3.63) is 28.8 Å². The Morgan fingerprint density at radius 1 is 1.43 bits per heavy atom. The summed E-state index contributed by atoms with van der Waals surface area (Å²) in [6, 6.07) is 5.29. The number of hydrogen-bond donors (Lipinski definition) is 2. The zero-order valence-electron chi connectivity index (χ0n) is 12.9. The topological polar surface area (TPSA) is 58.6 Å². The number of aliphatic hydroxyl groups excluding tert-OH is 1. The molecule has 1 aromatic carbocycles.